The van der Waals surface area contributed by atoms with Gasteiger partial charge in [0.1, 0.15) is 27.0 Å². The molecule has 0 aliphatic heterocycles. The van der Waals surface area contributed by atoms with Crippen LogP contribution in [0.2, 0.25) is 0 Å². The number of rotatable bonds is 6. The monoisotopic (exact) mass is 422 g/mol. The molecule has 0 saturated carbocycles. The highest BCUT2D eigenvalue weighted by molar-refractivity contribution is 7.17. The molecule has 1 aromatic carbocycles. The van der Waals surface area contributed by atoms with Crippen molar-refractivity contribution in [3.8, 4) is 22.1 Å². The summed E-state index contributed by atoms with van der Waals surface area (Å²) in [7, 11) is 3.14. The molecule has 0 spiro atoms. The lowest BCUT2D eigenvalue weighted by Gasteiger charge is -2.11. The number of methoxy groups -OCH3 is 2. The van der Waals surface area contributed by atoms with Crippen LogP contribution in [0.5, 0.6) is 11.5 Å². The van der Waals surface area contributed by atoms with E-state index in [-0.39, 0.29) is 5.91 Å². The van der Waals surface area contributed by atoms with Crippen molar-refractivity contribution >= 4 is 34.0 Å². The molecule has 0 unspecified atom stereocenters. The maximum absolute atomic E-state index is 13.0. The van der Waals surface area contributed by atoms with Crippen molar-refractivity contribution in [3.05, 3.63) is 53.3 Å². The van der Waals surface area contributed by atoms with E-state index in [0.717, 1.165) is 28.1 Å². The number of pyridine rings is 1. The SMILES string of the molecule is CCn1cc(-c2nc(C)c(C(=O)Nc3ccc(OC)cc3OC)s2)c2cccnc21. The number of anilines is 1. The van der Waals surface area contributed by atoms with Gasteiger partial charge in [-0.25, -0.2) is 9.97 Å². The van der Waals surface area contributed by atoms with E-state index in [4.69, 9.17) is 9.47 Å². The van der Waals surface area contributed by atoms with Crippen molar-refractivity contribution in [2.24, 2.45) is 0 Å². The Balaban J connectivity index is 1.68. The number of nitrogens with one attached hydrogen (secondary N) is 1. The van der Waals surface area contributed by atoms with E-state index in [9.17, 15) is 4.79 Å². The summed E-state index contributed by atoms with van der Waals surface area (Å²) in [6.45, 7) is 4.73. The number of aryl methyl sites for hydroxylation is 2. The van der Waals surface area contributed by atoms with Gasteiger partial charge in [-0.1, -0.05) is 0 Å². The largest absolute Gasteiger partial charge is 0.497 e. The minimum absolute atomic E-state index is 0.225. The van der Waals surface area contributed by atoms with Gasteiger partial charge in [0.25, 0.3) is 5.91 Å². The normalized spacial score (nSPS) is 10.9. The molecule has 0 bridgehead atoms. The number of ether oxygens (including phenoxy) is 2. The standard InChI is InChI=1S/C22H22N4O3S/c1-5-26-12-16(15-7-6-10-23-20(15)26)22-24-13(2)19(30-22)21(27)25-17-9-8-14(28-3)11-18(17)29-4/h6-12H,5H2,1-4H3,(H,25,27). The molecule has 3 heterocycles. The molecule has 1 N–H and O–H groups in total. The second-order valence-corrected chi connectivity index (χ2v) is 7.66. The third-order valence-electron chi connectivity index (χ3n) is 4.86. The smallest absolute Gasteiger partial charge is 0.267 e. The van der Waals surface area contributed by atoms with Gasteiger partial charge in [-0.3, -0.25) is 4.79 Å². The summed E-state index contributed by atoms with van der Waals surface area (Å²) in [4.78, 5) is 22.7. The van der Waals surface area contributed by atoms with E-state index in [0.29, 0.717) is 27.8 Å². The molecule has 0 radical (unpaired) electrons. The Morgan fingerprint density at radius 2 is 2.07 bits per heavy atom. The van der Waals surface area contributed by atoms with Crippen LogP contribution in [0.4, 0.5) is 5.69 Å². The van der Waals surface area contributed by atoms with Crippen molar-refractivity contribution in [1.82, 2.24) is 14.5 Å². The highest BCUT2D eigenvalue weighted by Crippen LogP contribution is 2.35. The van der Waals surface area contributed by atoms with E-state index in [2.05, 4.69) is 26.8 Å². The first-order valence-corrected chi connectivity index (χ1v) is 10.3. The molecule has 0 aliphatic carbocycles. The first-order chi connectivity index (χ1) is 14.5. The summed E-state index contributed by atoms with van der Waals surface area (Å²) >= 11 is 1.37. The summed E-state index contributed by atoms with van der Waals surface area (Å²) < 4.78 is 12.7. The average Bonchev–Trinajstić information content (AvgIpc) is 3.34. The minimum atomic E-state index is -0.225. The number of carbonyl (C=O) groups is 1. The number of amides is 1. The molecule has 0 aliphatic rings. The van der Waals surface area contributed by atoms with Crippen LogP contribution < -0.4 is 14.8 Å². The van der Waals surface area contributed by atoms with Crippen molar-refractivity contribution in [2.45, 2.75) is 20.4 Å². The van der Waals surface area contributed by atoms with Crippen LogP contribution in [0, 0.1) is 6.92 Å². The van der Waals surface area contributed by atoms with Gasteiger partial charge in [-0.15, -0.1) is 11.3 Å². The van der Waals surface area contributed by atoms with Crippen LogP contribution in [0.3, 0.4) is 0 Å². The first kappa shape index (κ1) is 19.9. The lowest BCUT2D eigenvalue weighted by molar-refractivity contribution is 0.102. The Labute approximate surface area is 178 Å². The molecular formula is C22H22N4O3S. The fraction of sp³-hybridized carbons (Fsp3) is 0.227. The van der Waals surface area contributed by atoms with Crippen LogP contribution in [0.15, 0.2) is 42.7 Å². The van der Waals surface area contributed by atoms with Gasteiger partial charge in [0.15, 0.2) is 0 Å². The zero-order chi connectivity index (χ0) is 21.3. The Morgan fingerprint density at radius 1 is 1.23 bits per heavy atom. The lowest BCUT2D eigenvalue weighted by Crippen LogP contribution is -2.12. The Hall–Kier alpha value is -3.39. The summed E-state index contributed by atoms with van der Waals surface area (Å²) in [5.74, 6) is 0.960. The molecular weight excluding hydrogens is 400 g/mol. The second-order valence-electron chi connectivity index (χ2n) is 6.66. The van der Waals surface area contributed by atoms with Gasteiger partial charge in [-0.2, -0.15) is 0 Å². The van der Waals surface area contributed by atoms with Crippen LogP contribution >= 0.6 is 11.3 Å². The van der Waals surface area contributed by atoms with Gasteiger partial charge in [0, 0.05) is 36.0 Å². The van der Waals surface area contributed by atoms with E-state index in [1.807, 2.05) is 25.3 Å². The summed E-state index contributed by atoms with van der Waals surface area (Å²) in [6.07, 6.45) is 3.83. The molecule has 7 nitrogen and oxygen atoms in total. The van der Waals surface area contributed by atoms with Gasteiger partial charge in [-0.05, 0) is 38.1 Å². The Bertz CT molecular complexity index is 1230. The first-order valence-electron chi connectivity index (χ1n) is 9.50. The predicted molar refractivity (Wildman–Crippen MR) is 119 cm³/mol. The third kappa shape index (κ3) is 3.50. The number of hydrogen-bond donors (Lipinski definition) is 1. The molecule has 4 rings (SSSR count). The maximum Gasteiger partial charge on any atom is 0.267 e. The molecule has 4 aromatic rings. The molecule has 3 aromatic heterocycles. The molecule has 154 valence electrons. The number of benzene rings is 1. The van der Waals surface area contributed by atoms with Crippen molar-refractivity contribution in [2.75, 3.05) is 19.5 Å². The zero-order valence-corrected chi connectivity index (χ0v) is 18.0. The molecule has 8 heteroatoms. The zero-order valence-electron chi connectivity index (χ0n) is 17.2. The van der Waals surface area contributed by atoms with Crippen molar-refractivity contribution in [1.29, 1.82) is 0 Å². The van der Waals surface area contributed by atoms with Gasteiger partial charge in [0.05, 0.1) is 25.6 Å². The molecule has 0 fully saturated rings. The highest BCUT2D eigenvalue weighted by Gasteiger charge is 2.20. The number of hydrogen-bond acceptors (Lipinski definition) is 6. The number of thiazole rings is 1. The summed E-state index contributed by atoms with van der Waals surface area (Å²) in [5.41, 5.74) is 3.15. The third-order valence-corrected chi connectivity index (χ3v) is 6.05. The van der Waals surface area contributed by atoms with E-state index >= 15 is 0 Å². The lowest BCUT2D eigenvalue weighted by atomic mass is 10.2. The van der Waals surface area contributed by atoms with Gasteiger partial charge in [0.2, 0.25) is 0 Å². The van der Waals surface area contributed by atoms with E-state index < -0.39 is 0 Å². The number of aromatic nitrogens is 3. The molecule has 1 amide bonds. The Morgan fingerprint density at radius 3 is 2.80 bits per heavy atom. The molecule has 0 atom stereocenters. The quantitative estimate of drug-likeness (QED) is 0.485. The van der Waals surface area contributed by atoms with Crippen LogP contribution in [-0.4, -0.2) is 34.7 Å². The summed E-state index contributed by atoms with van der Waals surface area (Å²) in [6, 6.07) is 9.20. The number of carbonyl (C=O) groups excluding carboxylic acids is 1. The maximum atomic E-state index is 13.0. The molecule has 30 heavy (non-hydrogen) atoms. The van der Waals surface area contributed by atoms with Crippen LogP contribution in [-0.2, 0) is 6.54 Å². The molecule has 0 saturated heterocycles. The van der Waals surface area contributed by atoms with E-state index in [1.165, 1.54) is 11.3 Å². The van der Waals surface area contributed by atoms with Crippen molar-refractivity contribution < 1.29 is 14.3 Å². The minimum Gasteiger partial charge on any atom is -0.497 e. The number of fused-ring (bicyclic) bond motifs is 1. The second kappa shape index (κ2) is 8.16. The summed E-state index contributed by atoms with van der Waals surface area (Å²) in [5, 5.41) is 4.74. The van der Waals surface area contributed by atoms with Crippen molar-refractivity contribution in [3.63, 3.8) is 0 Å². The highest BCUT2D eigenvalue weighted by atomic mass is 32.1. The van der Waals surface area contributed by atoms with E-state index in [1.54, 1.807) is 38.6 Å². The van der Waals surface area contributed by atoms with Crippen LogP contribution in [0.1, 0.15) is 22.3 Å². The Kier molecular flexibility index (Phi) is 5.41. The fourth-order valence-electron chi connectivity index (χ4n) is 3.34. The topological polar surface area (TPSA) is 78.3 Å². The van der Waals surface area contributed by atoms with Crippen LogP contribution in [0.25, 0.3) is 21.6 Å². The fourth-order valence-corrected chi connectivity index (χ4v) is 4.32. The van der Waals surface area contributed by atoms with Gasteiger partial charge < -0.3 is 19.4 Å². The average molecular weight is 423 g/mol. The van der Waals surface area contributed by atoms with Gasteiger partial charge >= 0.3 is 0 Å². The predicted octanol–water partition coefficient (Wildman–Crippen LogP) is 4.76. The number of nitrogens with zero attached hydrogens (tertiary/aromatic N) is 3.